The Morgan fingerprint density at radius 1 is 1.40 bits per heavy atom. The molecule has 5 nitrogen and oxygen atoms in total. The molecule has 1 aromatic rings. The van der Waals surface area contributed by atoms with E-state index in [1.807, 2.05) is 0 Å². The predicted octanol–water partition coefficient (Wildman–Crippen LogP) is 2.59. The molecular formula is C13H15Cl2N3O2. The first-order valence-corrected chi connectivity index (χ1v) is 7.00. The first kappa shape index (κ1) is 14.9. The van der Waals surface area contributed by atoms with E-state index < -0.39 is 0 Å². The van der Waals surface area contributed by atoms with Crippen LogP contribution < -0.4 is 5.73 Å². The van der Waals surface area contributed by atoms with Crippen molar-refractivity contribution >= 4 is 34.9 Å². The number of benzene rings is 1. The van der Waals surface area contributed by atoms with Crippen molar-refractivity contribution < 1.29 is 10.0 Å². The van der Waals surface area contributed by atoms with Crippen LogP contribution in [-0.4, -0.2) is 34.9 Å². The number of carbonyl (C=O) groups is 1. The lowest BCUT2D eigenvalue weighted by Gasteiger charge is -2.32. The third kappa shape index (κ3) is 3.16. The van der Waals surface area contributed by atoms with Gasteiger partial charge in [-0.3, -0.25) is 4.79 Å². The van der Waals surface area contributed by atoms with Crippen molar-refractivity contribution in [1.29, 1.82) is 0 Å². The van der Waals surface area contributed by atoms with Gasteiger partial charge in [0.05, 0.1) is 10.0 Å². The number of piperidine rings is 1. The number of hydrogen-bond acceptors (Lipinski definition) is 3. The van der Waals surface area contributed by atoms with Crippen LogP contribution in [0.1, 0.15) is 23.2 Å². The van der Waals surface area contributed by atoms with Gasteiger partial charge in [0.15, 0.2) is 0 Å². The van der Waals surface area contributed by atoms with Gasteiger partial charge in [-0.15, -0.1) is 0 Å². The average molecular weight is 316 g/mol. The summed E-state index contributed by atoms with van der Waals surface area (Å²) in [5.74, 6) is -0.0730. The molecule has 1 fully saturated rings. The van der Waals surface area contributed by atoms with Crippen LogP contribution in [0.2, 0.25) is 10.0 Å². The number of amidine groups is 1. The molecule has 20 heavy (non-hydrogen) atoms. The Morgan fingerprint density at radius 3 is 2.80 bits per heavy atom. The van der Waals surface area contributed by atoms with E-state index in [1.54, 1.807) is 23.1 Å². The van der Waals surface area contributed by atoms with E-state index in [9.17, 15) is 4.79 Å². The van der Waals surface area contributed by atoms with Gasteiger partial charge >= 0.3 is 0 Å². The van der Waals surface area contributed by atoms with Crippen molar-refractivity contribution in [2.75, 3.05) is 13.1 Å². The molecule has 0 aromatic heterocycles. The van der Waals surface area contributed by atoms with Crippen LogP contribution in [0.3, 0.4) is 0 Å². The van der Waals surface area contributed by atoms with E-state index in [0.29, 0.717) is 28.7 Å². The molecule has 1 aliphatic heterocycles. The average Bonchev–Trinajstić information content (AvgIpc) is 2.48. The molecule has 1 heterocycles. The number of carbonyl (C=O) groups excluding carboxylic acids is 1. The van der Waals surface area contributed by atoms with Crippen LogP contribution in [0.15, 0.2) is 23.4 Å². The molecule has 108 valence electrons. The zero-order valence-electron chi connectivity index (χ0n) is 10.7. The molecule has 0 aliphatic carbocycles. The minimum atomic E-state index is -0.126. The number of hydrogen-bond donors (Lipinski definition) is 2. The van der Waals surface area contributed by atoms with E-state index >= 15 is 0 Å². The molecule has 2 rings (SSSR count). The Morgan fingerprint density at radius 2 is 2.15 bits per heavy atom. The highest BCUT2D eigenvalue weighted by molar-refractivity contribution is 6.42. The number of likely N-dealkylation sites (tertiary alicyclic amines) is 1. The fraction of sp³-hybridized carbons (Fsp3) is 0.385. The van der Waals surface area contributed by atoms with E-state index in [4.69, 9.17) is 34.1 Å². The second kappa shape index (κ2) is 6.33. The molecule has 0 saturated carbocycles. The number of halogens is 2. The monoisotopic (exact) mass is 315 g/mol. The molecule has 7 heteroatoms. The molecule has 1 atom stereocenters. The summed E-state index contributed by atoms with van der Waals surface area (Å²) in [6.07, 6.45) is 1.62. The first-order chi connectivity index (χ1) is 9.52. The molecule has 1 saturated heterocycles. The largest absolute Gasteiger partial charge is 0.409 e. The second-order valence-electron chi connectivity index (χ2n) is 4.74. The van der Waals surface area contributed by atoms with Crippen LogP contribution in [0.5, 0.6) is 0 Å². The van der Waals surface area contributed by atoms with Crippen LogP contribution >= 0.6 is 23.2 Å². The van der Waals surface area contributed by atoms with Gasteiger partial charge < -0.3 is 15.8 Å². The molecule has 1 aliphatic rings. The zero-order chi connectivity index (χ0) is 14.7. The summed E-state index contributed by atoms with van der Waals surface area (Å²) in [7, 11) is 0. The van der Waals surface area contributed by atoms with Gasteiger partial charge in [-0.1, -0.05) is 28.4 Å². The zero-order valence-corrected chi connectivity index (χ0v) is 12.2. The number of nitrogens with zero attached hydrogens (tertiary/aromatic N) is 2. The van der Waals surface area contributed by atoms with Crippen molar-refractivity contribution in [3.8, 4) is 0 Å². The molecule has 0 spiro atoms. The quantitative estimate of drug-likeness (QED) is 0.381. The van der Waals surface area contributed by atoms with E-state index in [2.05, 4.69) is 5.16 Å². The fourth-order valence-corrected chi connectivity index (χ4v) is 2.59. The number of amides is 1. The first-order valence-electron chi connectivity index (χ1n) is 6.24. The number of rotatable bonds is 2. The summed E-state index contributed by atoms with van der Waals surface area (Å²) in [6.45, 7) is 1.09. The minimum absolute atomic E-state index is 0.111. The molecule has 1 amide bonds. The smallest absolute Gasteiger partial charge is 0.253 e. The molecular weight excluding hydrogens is 301 g/mol. The Balaban J connectivity index is 2.14. The Hall–Kier alpha value is -1.46. The number of oxime groups is 1. The standard InChI is InChI=1S/C13H15Cl2N3O2/c14-10-4-3-8(6-11(10)15)13(19)18-5-1-2-9(7-18)12(16)17-20/h3-4,6,9,20H,1-2,5,7H2,(H2,16,17). The summed E-state index contributed by atoms with van der Waals surface area (Å²) < 4.78 is 0. The lowest BCUT2D eigenvalue weighted by atomic mass is 9.96. The van der Waals surface area contributed by atoms with E-state index in [1.165, 1.54) is 0 Å². The van der Waals surface area contributed by atoms with Crippen molar-refractivity contribution in [3.05, 3.63) is 33.8 Å². The van der Waals surface area contributed by atoms with Gasteiger partial charge in [-0.2, -0.15) is 0 Å². The summed E-state index contributed by atoms with van der Waals surface area (Å²) in [5, 5.41) is 12.5. The van der Waals surface area contributed by atoms with Gasteiger partial charge in [-0.05, 0) is 31.0 Å². The van der Waals surface area contributed by atoms with E-state index in [-0.39, 0.29) is 17.7 Å². The van der Waals surface area contributed by atoms with Crippen molar-refractivity contribution in [2.45, 2.75) is 12.8 Å². The second-order valence-corrected chi connectivity index (χ2v) is 5.56. The predicted molar refractivity (Wildman–Crippen MR) is 78.5 cm³/mol. The summed E-state index contributed by atoms with van der Waals surface area (Å²) in [5.41, 5.74) is 6.10. The topological polar surface area (TPSA) is 78.9 Å². The SMILES string of the molecule is NC(=NO)C1CCCN(C(=O)c2ccc(Cl)c(Cl)c2)C1. The highest BCUT2D eigenvalue weighted by Gasteiger charge is 2.27. The molecule has 0 bridgehead atoms. The lowest BCUT2D eigenvalue weighted by molar-refractivity contribution is 0.0701. The Labute approximate surface area is 126 Å². The maximum atomic E-state index is 12.4. The fourth-order valence-electron chi connectivity index (χ4n) is 2.30. The lowest BCUT2D eigenvalue weighted by Crippen LogP contribution is -2.44. The molecule has 3 N–H and O–H groups in total. The van der Waals surface area contributed by atoms with Crippen molar-refractivity contribution in [3.63, 3.8) is 0 Å². The number of nitrogens with two attached hydrogens (primary N) is 1. The maximum absolute atomic E-state index is 12.4. The molecule has 1 unspecified atom stereocenters. The highest BCUT2D eigenvalue weighted by atomic mass is 35.5. The van der Waals surface area contributed by atoms with Gasteiger partial charge in [0.1, 0.15) is 5.84 Å². The molecule has 1 aromatic carbocycles. The van der Waals surface area contributed by atoms with Crippen LogP contribution in [0, 0.1) is 5.92 Å². The Bertz CT molecular complexity index is 548. The highest BCUT2D eigenvalue weighted by Crippen LogP contribution is 2.25. The Kier molecular flexibility index (Phi) is 4.73. The van der Waals surface area contributed by atoms with Gasteiger partial charge in [0.2, 0.25) is 0 Å². The van der Waals surface area contributed by atoms with Crippen molar-refractivity contribution in [1.82, 2.24) is 4.90 Å². The summed E-state index contributed by atoms with van der Waals surface area (Å²) >= 11 is 11.8. The van der Waals surface area contributed by atoms with Gasteiger partial charge in [0.25, 0.3) is 5.91 Å². The van der Waals surface area contributed by atoms with Gasteiger partial charge in [-0.25, -0.2) is 0 Å². The van der Waals surface area contributed by atoms with Crippen LogP contribution in [0.25, 0.3) is 0 Å². The van der Waals surface area contributed by atoms with Crippen LogP contribution in [0.4, 0.5) is 0 Å². The molecule has 0 radical (unpaired) electrons. The summed E-state index contributed by atoms with van der Waals surface area (Å²) in [4.78, 5) is 14.1. The van der Waals surface area contributed by atoms with Crippen molar-refractivity contribution in [2.24, 2.45) is 16.8 Å². The third-order valence-electron chi connectivity index (χ3n) is 3.41. The van der Waals surface area contributed by atoms with E-state index in [0.717, 1.165) is 12.8 Å². The maximum Gasteiger partial charge on any atom is 0.253 e. The van der Waals surface area contributed by atoms with Crippen LogP contribution in [-0.2, 0) is 0 Å². The minimum Gasteiger partial charge on any atom is -0.409 e. The normalized spacial score (nSPS) is 20.0. The summed E-state index contributed by atoms with van der Waals surface area (Å²) in [6, 6.07) is 4.80. The third-order valence-corrected chi connectivity index (χ3v) is 4.15. The van der Waals surface area contributed by atoms with Gasteiger partial charge in [0, 0.05) is 24.6 Å².